The van der Waals surface area contributed by atoms with Crippen LogP contribution in [0.5, 0.6) is 0 Å². The van der Waals surface area contributed by atoms with Gasteiger partial charge in [-0.05, 0) is 86.7 Å². The van der Waals surface area contributed by atoms with Crippen LogP contribution in [0, 0.1) is 6.92 Å². The van der Waals surface area contributed by atoms with Crippen molar-refractivity contribution in [3.63, 3.8) is 0 Å². The molecule has 0 saturated heterocycles. The number of aliphatic hydroxyl groups excluding tert-OH is 1. The summed E-state index contributed by atoms with van der Waals surface area (Å²) in [7, 11) is 0. The van der Waals surface area contributed by atoms with Crippen molar-refractivity contribution in [2.45, 2.75) is 51.9 Å². The lowest BCUT2D eigenvalue weighted by Gasteiger charge is -2.23. The topological polar surface area (TPSA) is 20.2 Å². The Morgan fingerprint density at radius 2 is 1.00 bits per heavy atom. The predicted octanol–water partition coefficient (Wildman–Crippen LogP) is 7.81. The lowest BCUT2D eigenvalue weighted by molar-refractivity contribution is 0.299. The summed E-state index contributed by atoms with van der Waals surface area (Å²) >= 11 is 0. The number of aryl methyl sites for hydroxylation is 1. The summed E-state index contributed by atoms with van der Waals surface area (Å²) in [5.41, 5.74) is 16.1. The molecule has 2 aliphatic rings. The first-order valence-electron chi connectivity index (χ1n) is 12.4. The van der Waals surface area contributed by atoms with E-state index in [9.17, 15) is 5.11 Å². The Morgan fingerprint density at radius 1 is 0.559 bits per heavy atom. The summed E-state index contributed by atoms with van der Waals surface area (Å²) in [6, 6.07) is 27.6. The second-order valence-corrected chi connectivity index (χ2v) is 11.2. The Labute approximate surface area is 203 Å². The maximum atomic E-state index is 9.41. The van der Waals surface area contributed by atoms with Gasteiger partial charge < -0.3 is 5.11 Å². The largest absolute Gasteiger partial charge is 0.396 e. The monoisotopic (exact) mass is 444 g/mol. The average Bonchev–Trinajstić information content (AvgIpc) is 3.18. The van der Waals surface area contributed by atoms with E-state index in [0.717, 1.165) is 0 Å². The normalized spacial score (nSPS) is 16.1. The van der Waals surface area contributed by atoms with Gasteiger partial charge in [-0.15, -0.1) is 0 Å². The summed E-state index contributed by atoms with van der Waals surface area (Å²) in [5, 5.41) is 9.41. The molecule has 0 radical (unpaired) electrons. The highest BCUT2D eigenvalue weighted by atomic mass is 16.2. The highest BCUT2D eigenvalue weighted by Crippen LogP contribution is 2.52. The van der Waals surface area contributed by atoms with Crippen LogP contribution in [0.15, 0.2) is 72.8 Å². The number of fused-ring (bicyclic) bond motifs is 6. The van der Waals surface area contributed by atoms with E-state index in [-0.39, 0.29) is 17.4 Å². The van der Waals surface area contributed by atoms with Gasteiger partial charge in [0.2, 0.25) is 0 Å². The van der Waals surface area contributed by atoms with Crippen molar-refractivity contribution in [2.75, 3.05) is 6.61 Å². The maximum Gasteiger partial charge on any atom is 0.0471 e. The van der Waals surface area contributed by atoms with Crippen LogP contribution in [0.4, 0.5) is 0 Å². The van der Waals surface area contributed by atoms with E-state index >= 15 is 0 Å². The summed E-state index contributed by atoms with van der Waals surface area (Å²) in [5.74, 6) is 0. The summed E-state index contributed by atoms with van der Waals surface area (Å²) < 4.78 is 0. The molecule has 0 unspecified atom stereocenters. The van der Waals surface area contributed by atoms with Crippen molar-refractivity contribution in [2.24, 2.45) is 0 Å². The van der Waals surface area contributed by atoms with Gasteiger partial charge in [0.1, 0.15) is 0 Å². The van der Waals surface area contributed by atoms with Gasteiger partial charge in [-0.3, -0.25) is 0 Å². The Bertz CT molecular complexity index is 1470. The molecule has 1 heteroatoms. The predicted molar refractivity (Wildman–Crippen MR) is 143 cm³/mol. The summed E-state index contributed by atoms with van der Waals surface area (Å²) in [4.78, 5) is 0. The molecule has 0 amide bonds. The third-order valence-corrected chi connectivity index (χ3v) is 8.31. The van der Waals surface area contributed by atoms with Crippen molar-refractivity contribution in [1.82, 2.24) is 0 Å². The van der Waals surface area contributed by atoms with E-state index in [1.165, 1.54) is 66.8 Å². The molecular weight excluding hydrogens is 412 g/mol. The molecule has 0 spiro atoms. The Kier molecular flexibility index (Phi) is 4.51. The van der Waals surface area contributed by atoms with Gasteiger partial charge in [-0.2, -0.15) is 0 Å². The van der Waals surface area contributed by atoms with Gasteiger partial charge in [0.25, 0.3) is 0 Å². The second kappa shape index (κ2) is 7.17. The lowest BCUT2D eigenvalue weighted by atomic mass is 9.80. The average molecular weight is 445 g/mol. The first-order chi connectivity index (χ1) is 16.2. The van der Waals surface area contributed by atoms with E-state index < -0.39 is 0 Å². The van der Waals surface area contributed by atoms with Crippen LogP contribution in [-0.4, -0.2) is 11.7 Å². The summed E-state index contributed by atoms with van der Waals surface area (Å²) in [6.07, 6.45) is 0.706. The van der Waals surface area contributed by atoms with Crippen LogP contribution in [0.25, 0.3) is 33.4 Å². The van der Waals surface area contributed by atoms with Crippen molar-refractivity contribution < 1.29 is 5.11 Å². The molecule has 2 aliphatic carbocycles. The number of benzene rings is 4. The van der Waals surface area contributed by atoms with Crippen molar-refractivity contribution in [3.8, 4) is 33.4 Å². The Balaban J connectivity index is 1.45. The Hall–Kier alpha value is -3.16. The van der Waals surface area contributed by atoms with Crippen LogP contribution < -0.4 is 0 Å². The molecule has 6 rings (SSSR count). The molecule has 4 aromatic carbocycles. The van der Waals surface area contributed by atoms with Gasteiger partial charge >= 0.3 is 0 Å². The highest BCUT2D eigenvalue weighted by molar-refractivity contribution is 5.86. The molecule has 4 aromatic rings. The molecule has 34 heavy (non-hydrogen) atoms. The zero-order valence-electron chi connectivity index (χ0n) is 20.8. The van der Waals surface area contributed by atoms with Gasteiger partial charge in [-0.25, -0.2) is 0 Å². The van der Waals surface area contributed by atoms with Crippen molar-refractivity contribution in [1.29, 1.82) is 0 Å². The fraction of sp³-hybridized carbons (Fsp3) is 0.273. The number of hydrogen-bond acceptors (Lipinski definition) is 1. The molecule has 1 N–H and O–H groups in total. The smallest absolute Gasteiger partial charge is 0.0471 e. The van der Waals surface area contributed by atoms with Gasteiger partial charge in [-0.1, -0.05) is 93.9 Å². The SMILES string of the molecule is Cc1ccc2c(c1)C(C)(C)c1cc(-c3ccc4c(c3)C(C)(C)c3cc(CCO)ccc3-4)ccc1-2. The van der Waals surface area contributed by atoms with E-state index in [2.05, 4.69) is 107 Å². The number of hydrogen-bond donors (Lipinski definition) is 1. The number of rotatable bonds is 3. The molecule has 0 heterocycles. The molecule has 0 bridgehead atoms. The van der Waals surface area contributed by atoms with Crippen molar-refractivity contribution in [3.05, 3.63) is 106 Å². The van der Waals surface area contributed by atoms with Crippen LogP contribution >= 0.6 is 0 Å². The third kappa shape index (κ3) is 2.90. The standard InChI is InChI=1S/C33H32O/c1-20-6-10-24-26-12-8-22(18-30(26)32(2,3)28(24)16-20)23-9-13-27-25-11-7-21(14-15-34)17-29(25)33(4,5)31(27)19-23/h6-13,16-19,34H,14-15H2,1-5H3. The molecule has 0 saturated carbocycles. The minimum absolute atomic E-state index is 0.00202. The Morgan fingerprint density at radius 3 is 1.53 bits per heavy atom. The number of aliphatic hydroxyl groups is 1. The van der Waals surface area contributed by atoms with Crippen LogP contribution in [0.2, 0.25) is 0 Å². The molecule has 0 aliphatic heterocycles. The minimum Gasteiger partial charge on any atom is -0.396 e. The van der Waals surface area contributed by atoms with Crippen molar-refractivity contribution >= 4 is 0 Å². The first kappa shape index (κ1) is 21.4. The zero-order chi connectivity index (χ0) is 23.8. The lowest BCUT2D eigenvalue weighted by Crippen LogP contribution is -2.16. The fourth-order valence-corrected chi connectivity index (χ4v) is 6.28. The third-order valence-electron chi connectivity index (χ3n) is 8.31. The van der Waals surface area contributed by atoms with E-state index in [1.807, 2.05) is 0 Å². The molecule has 1 nitrogen and oxygen atoms in total. The first-order valence-corrected chi connectivity index (χ1v) is 12.4. The summed E-state index contributed by atoms with van der Waals surface area (Å²) in [6.45, 7) is 11.7. The van der Waals surface area contributed by atoms with Gasteiger partial charge in [0.15, 0.2) is 0 Å². The maximum absolute atomic E-state index is 9.41. The van der Waals surface area contributed by atoms with E-state index in [1.54, 1.807) is 0 Å². The van der Waals surface area contributed by atoms with Crippen LogP contribution in [0.3, 0.4) is 0 Å². The molecule has 0 aromatic heterocycles. The zero-order valence-corrected chi connectivity index (χ0v) is 20.8. The van der Waals surface area contributed by atoms with E-state index in [0.29, 0.717) is 6.42 Å². The van der Waals surface area contributed by atoms with Crippen LogP contribution in [0.1, 0.15) is 61.1 Å². The fourth-order valence-electron chi connectivity index (χ4n) is 6.28. The quantitative estimate of drug-likeness (QED) is 0.342. The highest BCUT2D eigenvalue weighted by Gasteiger charge is 2.37. The minimum atomic E-state index is -0.0596. The van der Waals surface area contributed by atoms with Gasteiger partial charge in [0, 0.05) is 17.4 Å². The van der Waals surface area contributed by atoms with E-state index in [4.69, 9.17) is 0 Å². The molecule has 170 valence electrons. The molecule has 0 atom stereocenters. The molecule has 0 fully saturated rings. The second-order valence-electron chi connectivity index (χ2n) is 11.2. The molecular formula is C33H32O. The van der Waals surface area contributed by atoms with Gasteiger partial charge in [0.05, 0.1) is 0 Å². The van der Waals surface area contributed by atoms with Crippen LogP contribution in [-0.2, 0) is 17.3 Å².